The van der Waals surface area contributed by atoms with E-state index in [1.54, 1.807) is 25.1 Å². The highest BCUT2D eigenvalue weighted by Crippen LogP contribution is 2.27. The predicted octanol–water partition coefficient (Wildman–Crippen LogP) is 2.34. The highest BCUT2D eigenvalue weighted by atomic mass is 16.6. The zero-order valence-corrected chi connectivity index (χ0v) is 10.9. The molecule has 3 rings (SSSR count). The second kappa shape index (κ2) is 4.56. The molecule has 0 spiro atoms. The van der Waals surface area contributed by atoms with E-state index in [9.17, 15) is 14.9 Å². The maximum Gasteiger partial charge on any atom is 0.295 e. The van der Waals surface area contributed by atoms with E-state index in [0.29, 0.717) is 16.6 Å². The number of nitrogens with zero attached hydrogens (tertiary/aromatic N) is 2. The Morgan fingerprint density at radius 1 is 1.45 bits per heavy atom. The van der Waals surface area contributed by atoms with Crippen LogP contribution in [0.2, 0.25) is 0 Å². The highest BCUT2D eigenvalue weighted by molar-refractivity contribution is 6.08. The molecule has 1 aliphatic rings. The Morgan fingerprint density at radius 3 is 2.85 bits per heavy atom. The number of aryl methyl sites for hydroxylation is 1. The number of nitro benzene ring substituents is 1. The molecular formula is C14H13N3O3. The molecule has 0 unspecified atom stereocenters. The van der Waals surface area contributed by atoms with Crippen LogP contribution in [0, 0.1) is 17.0 Å². The second-order valence-corrected chi connectivity index (χ2v) is 4.99. The maximum absolute atomic E-state index is 12.2. The van der Waals surface area contributed by atoms with Gasteiger partial charge in [-0.3, -0.25) is 14.9 Å². The molecule has 102 valence electrons. The summed E-state index contributed by atoms with van der Waals surface area (Å²) in [6, 6.07) is 6.58. The number of nitrogens with one attached hydrogen (secondary N) is 1. The van der Waals surface area contributed by atoms with Gasteiger partial charge in [-0.25, -0.2) is 4.98 Å². The third-order valence-corrected chi connectivity index (χ3v) is 3.30. The number of hydrogen-bond acceptors (Lipinski definition) is 4. The van der Waals surface area contributed by atoms with Crippen LogP contribution in [0.1, 0.15) is 28.9 Å². The van der Waals surface area contributed by atoms with E-state index in [0.717, 1.165) is 12.8 Å². The fraction of sp³-hybridized carbons (Fsp3) is 0.286. The molecule has 6 nitrogen and oxygen atoms in total. The van der Waals surface area contributed by atoms with Crippen LogP contribution in [0.25, 0.3) is 10.9 Å². The van der Waals surface area contributed by atoms with Crippen LogP contribution in [0.5, 0.6) is 0 Å². The van der Waals surface area contributed by atoms with Crippen molar-refractivity contribution in [2.75, 3.05) is 0 Å². The third-order valence-electron chi connectivity index (χ3n) is 3.30. The molecule has 0 bridgehead atoms. The van der Waals surface area contributed by atoms with Crippen molar-refractivity contribution < 1.29 is 9.72 Å². The summed E-state index contributed by atoms with van der Waals surface area (Å²) in [4.78, 5) is 27.0. The fourth-order valence-corrected chi connectivity index (χ4v) is 2.19. The Balaban J connectivity index is 2.18. The molecule has 1 heterocycles. The van der Waals surface area contributed by atoms with Crippen LogP contribution >= 0.6 is 0 Å². The van der Waals surface area contributed by atoms with E-state index < -0.39 is 4.92 Å². The van der Waals surface area contributed by atoms with Crippen molar-refractivity contribution in [3.63, 3.8) is 0 Å². The normalized spacial score (nSPS) is 14.2. The van der Waals surface area contributed by atoms with Gasteiger partial charge in [-0.1, -0.05) is 12.1 Å². The molecule has 0 atom stereocenters. The van der Waals surface area contributed by atoms with Crippen molar-refractivity contribution in [2.45, 2.75) is 25.8 Å². The van der Waals surface area contributed by atoms with Gasteiger partial charge in [0, 0.05) is 23.2 Å². The number of carbonyl (C=O) groups is 1. The molecular weight excluding hydrogens is 258 g/mol. The van der Waals surface area contributed by atoms with Gasteiger partial charge in [-0.15, -0.1) is 0 Å². The standard InChI is InChI=1S/C14H13N3O3/c1-8-7-11(14(18)16-9-5-6-9)10-3-2-4-12(17(19)20)13(10)15-8/h2-4,7,9H,5-6H2,1H3,(H,16,18). The summed E-state index contributed by atoms with van der Waals surface area (Å²) in [6.07, 6.45) is 1.99. The molecule has 1 amide bonds. The molecule has 2 aromatic rings. The maximum atomic E-state index is 12.2. The smallest absolute Gasteiger partial charge is 0.295 e. The monoisotopic (exact) mass is 271 g/mol. The quantitative estimate of drug-likeness (QED) is 0.685. The number of nitro groups is 1. The van der Waals surface area contributed by atoms with E-state index in [1.807, 2.05) is 0 Å². The van der Waals surface area contributed by atoms with Gasteiger partial charge in [0.2, 0.25) is 0 Å². The van der Waals surface area contributed by atoms with Crippen molar-refractivity contribution in [3.8, 4) is 0 Å². The summed E-state index contributed by atoms with van der Waals surface area (Å²) in [7, 11) is 0. The number of rotatable bonds is 3. The topological polar surface area (TPSA) is 85.1 Å². The van der Waals surface area contributed by atoms with Gasteiger partial charge < -0.3 is 5.32 Å². The molecule has 0 saturated heterocycles. The van der Waals surface area contributed by atoms with E-state index >= 15 is 0 Å². The van der Waals surface area contributed by atoms with Gasteiger partial charge in [0.25, 0.3) is 11.6 Å². The van der Waals surface area contributed by atoms with E-state index in [4.69, 9.17) is 0 Å². The summed E-state index contributed by atoms with van der Waals surface area (Å²) < 4.78 is 0. The minimum atomic E-state index is -0.475. The summed E-state index contributed by atoms with van der Waals surface area (Å²) >= 11 is 0. The average Bonchev–Trinajstić information content (AvgIpc) is 3.20. The number of hydrogen-bond donors (Lipinski definition) is 1. The van der Waals surface area contributed by atoms with E-state index in [-0.39, 0.29) is 23.2 Å². The van der Waals surface area contributed by atoms with Gasteiger partial charge in [0.05, 0.1) is 10.5 Å². The number of non-ortho nitro benzene ring substituents is 1. The van der Waals surface area contributed by atoms with Gasteiger partial charge in [-0.05, 0) is 25.8 Å². The molecule has 0 radical (unpaired) electrons. The number of aromatic nitrogens is 1. The van der Waals surface area contributed by atoms with Crippen LogP contribution < -0.4 is 5.32 Å². The molecule has 1 N–H and O–H groups in total. The molecule has 20 heavy (non-hydrogen) atoms. The number of carbonyl (C=O) groups excluding carboxylic acids is 1. The van der Waals surface area contributed by atoms with Crippen molar-refractivity contribution in [1.29, 1.82) is 0 Å². The molecule has 1 aromatic carbocycles. The molecule has 6 heteroatoms. The Bertz CT molecular complexity index is 723. The minimum absolute atomic E-state index is 0.0772. The Labute approximate surface area is 115 Å². The second-order valence-electron chi connectivity index (χ2n) is 4.99. The van der Waals surface area contributed by atoms with Crippen LogP contribution in [-0.4, -0.2) is 21.9 Å². The molecule has 1 fully saturated rings. The van der Waals surface area contributed by atoms with Crippen LogP contribution in [0.3, 0.4) is 0 Å². The number of benzene rings is 1. The molecule has 1 saturated carbocycles. The number of pyridine rings is 1. The number of fused-ring (bicyclic) bond motifs is 1. The molecule has 1 aromatic heterocycles. The van der Waals surface area contributed by atoms with Gasteiger partial charge in [0.15, 0.2) is 0 Å². The Kier molecular flexibility index (Phi) is 2.85. The lowest BCUT2D eigenvalue weighted by Gasteiger charge is -2.08. The first-order chi connectivity index (χ1) is 9.56. The summed E-state index contributed by atoms with van der Waals surface area (Å²) in [6.45, 7) is 1.73. The zero-order valence-electron chi connectivity index (χ0n) is 10.9. The third kappa shape index (κ3) is 2.20. The van der Waals surface area contributed by atoms with Crippen molar-refractivity contribution in [1.82, 2.24) is 10.3 Å². The summed E-state index contributed by atoms with van der Waals surface area (Å²) in [5.41, 5.74) is 1.22. The van der Waals surface area contributed by atoms with Gasteiger partial charge >= 0.3 is 0 Å². The lowest BCUT2D eigenvalue weighted by atomic mass is 10.1. The summed E-state index contributed by atoms with van der Waals surface area (Å²) in [5.74, 6) is -0.191. The zero-order chi connectivity index (χ0) is 14.3. The number of amides is 1. The van der Waals surface area contributed by atoms with Gasteiger partial charge in [-0.2, -0.15) is 0 Å². The SMILES string of the molecule is Cc1cc(C(=O)NC2CC2)c2cccc([N+](=O)[O-])c2n1. The number of para-hydroxylation sites is 1. The lowest BCUT2D eigenvalue weighted by molar-refractivity contribution is -0.383. The van der Waals surface area contributed by atoms with Crippen LogP contribution in [0.15, 0.2) is 24.3 Å². The van der Waals surface area contributed by atoms with Crippen LogP contribution in [0.4, 0.5) is 5.69 Å². The minimum Gasteiger partial charge on any atom is -0.349 e. The van der Waals surface area contributed by atoms with Gasteiger partial charge in [0.1, 0.15) is 5.52 Å². The summed E-state index contributed by atoms with van der Waals surface area (Å²) in [5, 5.41) is 14.5. The van der Waals surface area contributed by atoms with Crippen molar-refractivity contribution >= 4 is 22.5 Å². The first kappa shape index (κ1) is 12.5. The first-order valence-electron chi connectivity index (χ1n) is 6.42. The lowest BCUT2D eigenvalue weighted by Crippen LogP contribution is -2.25. The highest BCUT2D eigenvalue weighted by Gasteiger charge is 2.25. The molecule has 1 aliphatic carbocycles. The fourth-order valence-electron chi connectivity index (χ4n) is 2.19. The van der Waals surface area contributed by atoms with Crippen LogP contribution in [-0.2, 0) is 0 Å². The average molecular weight is 271 g/mol. The predicted molar refractivity (Wildman–Crippen MR) is 73.6 cm³/mol. The van der Waals surface area contributed by atoms with Crippen molar-refractivity contribution in [3.05, 3.63) is 45.6 Å². The van der Waals surface area contributed by atoms with E-state index in [1.165, 1.54) is 6.07 Å². The largest absolute Gasteiger partial charge is 0.349 e. The van der Waals surface area contributed by atoms with Crippen molar-refractivity contribution in [2.24, 2.45) is 0 Å². The Morgan fingerprint density at radius 2 is 2.20 bits per heavy atom. The first-order valence-corrected chi connectivity index (χ1v) is 6.42. The Hall–Kier alpha value is -2.50. The molecule has 0 aliphatic heterocycles. The van der Waals surface area contributed by atoms with E-state index in [2.05, 4.69) is 10.3 Å².